The molecule has 0 radical (unpaired) electrons. The summed E-state index contributed by atoms with van der Waals surface area (Å²) >= 11 is 6.98. The van der Waals surface area contributed by atoms with Crippen LogP contribution in [0.15, 0.2) is 89.9 Å². The summed E-state index contributed by atoms with van der Waals surface area (Å²) in [5.74, 6) is 0.193. The Bertz CT molecular complexity index is 1330. The van der Waals surface area contributed by atoms with E-state index in [9.17, 15) is 5.11 Å². The highest BCUT2D eigenvalue weighted by molar-refractivity contribution is 7.73. The van der Waals surface area contributed by atoms with Gasteiger partial charge in [0.1, 0.15) is 0 Å². The zero-order chi connectivity index (χ0) is 20.5. The lowest BCUT2D eigenvalue weighted by Gasteiger charge is -2.07. The lowest BCUT2D eigenvalue weighted by Crippen LogP contribution is -2.00. The molecule has 3 aromatic carbocycles. The van der Waals surface area contributed by atoms with Gasteiger partial charge < -0.3 is 5.11 Å². The number of aliphatic imine (C=N–C) groups is 1. The van der Waals surface area contributed by atoms with Gasteiger partial charge in [-0.3, -0.25) is 4.57 Å². The van der Waals surface area contributed by atoms with Crippen LogP contribution in [0.25, 0.3) is 11.6 Å². The van der Waals surface area contributed by atoms with Crippen molar-refractivity contribution in [3.05, 3.63) is 110 Å². The third-order valence-electron chi connectivity index (χ3n) is 5.08. The minimum atomic E-state index is 0.193. The minimum absolute atomic E-state index is 0.193. The van der Waals surface area contributed by atoms with Crippen LogP contribution in [0.4, 0.5) is 5.69 Å². The van der Waals surface area contributed by atoms with Gasteiger partial charge in [-0.2, -0.15) is 0 Å². The Hall–Kier alpha value is -3.28. The zero-order valence-corrected chi connectivity index (χ0v) is 17.7. The molecule has 0 fully saturated rings. The first-order valence-corrected chi connectivity index (χ1v) is 10.9. The molecule has 0 bridgehead atoms. The van der Waals surface area contributed by atoms with Crippen LogP contribution in [0.3, 0.4) is 0 Å². The third kappa shape index (κ3) is 3.43. The van der Waals surface area contributed by atoms with Crippen molar-refractivity contribution in [2.45, 2.75) is 6.54 Å². The zero-order valence-electron chi connectivity index (χ0n) is 16.0. The molecule has 5 rings (SSSR count). The molecule has 1 aliphatic rings. The van der Waals surface area contributed by atoms with Gasteiger partial charge in [0.05, 0.1) is 22.8 Å². The SMILES string of the molecule is Oc1c(C=C2C(c3ccccc3)=Nc3ccccc32)sc(=S)n1Cc1ccccc1. The van der Waals surface area contributed by atoms with Gasteiger partial charge in [-0.25, -0.2) is 4.99 Å². The summed E-state index contributed by atoms with van der Waals surface area (Å²) in [5.41, 5.74) is 6.05. The molecular weight excluding hydrogens is 408 g/mol. The van der Waals surface area contributed by atoms with Gasteiger partial charge in [0.25, 0.3) is 0 Å². The Labute approximate surface area is 183 Å². The number of rotatable bonds is 4. The summed E-state index contributed by atoms with van der Waals surface area (Å²) < 4.78 is 2.43. The van der Waals surface area contributed by atoms with Crippen molar-refractivity contribution in [1.82, 2.24) is 4.57 Å². The van der Waals surface area contributed by atoms with Crippen molar-refractivity contribution in [3.63, 3.8) is 0 Å². The van der Waals surface area contributed by atoms with E-state index < -0.39 is 0 Å². The Balaban J connectivity index is 1.61. The van der Waals surface area contributed by atoms with Crippen LogP contribution in [0, 0.1) is 3.95 Å². The minimum Gasteiger partial charge on any atom is -0.493 e. The lowest BCUT2D eigenvalue weighted by atomic mass is 9.97. The average molecular weight is 427 g/mol. The first-order chi connectivity index (χ1) is 14.7. The summed E-state index contributed by atoms with van der Waals surface area (Å²) in [4.78, 5) is 5.61. The van der Waals surface area contributed by atoms with E-state index in [2.05, 4.69) is 18.2 Å². The van der Waals surface area contributed by atoms with Crippen LogP contribution in [0.1, 0.15) is 21.6 Å². The van der Waals surface area contributed by atoms with Gasteiger partial charge in [-0.05, 0) is 29.9 Å². The second-order valence-electron chi connectivity index (χ2n) is 7.03. The predicted octanol–water partition coefficient (Wildman–Crippen LogP) is 6.71. The molecule has 30 heavy (non-hydrogen) atoms. The van der Waals surface area contributed by atoms with Crippen molar-refractivity contribution < 1.29 is 5.11 Å². The monoisotopic (exact) mass is 426 g/mol. The highest BCUT2D eigenvalue weighted by atomic mass is 32.1. The highest BCUT2D eigenvalue weighted by Crippen LogP contribution is 2.40. The predicted molar refractivity (Wildman–Crippen MR) is 127 cm³/mol. The molecule has 0 spiro atoms. The van der Waals surface area contributed by atoms with Crippen molar-refractivity contribution in [1.29, 1.82) is 0 Å². The maximum atomic E-state index is 11.0. The van der Waals surface area contributed by atoms with E-state index >= 15 is 0 Å². The summed E-state index contributed by atoms with van der Waals surface area (Å²) in [6.45, 7) is 0.543. The van der Waals surface area contributed by atoms with E-state index in [4.69, 9.17) is 17.2 Å². The molecule has 0 aliphatic carbocycles. The maximum Gasteiger partial charge on any atom is 0.210 e. The molecule has 0 saturated carbocycles. The number of allylic oxidation sites excluding steroid dienone is 1. The first kappa shape index (κ1) is 18.7. The maximum absolute atomic E-state index is 11.0. The largest absolute Gasteiger partial charge is 0.493 e. The quantitative estimate of drug-likeness (QED) is 0.368. The number of fused-ring (bicyclic) bond motifs is 1. The number of benzene rings is 3. The Morgan fingerprint density at radius 3 is 2.33 bits per heavy atom. The number of aromatic nitrogens is 1. The molecule has 5 heteroatoms. The number of thiazole rings is 1. The standard InChI is InChI=1S/C25H18N2OS2/c28-24-22(30-25(29)27(24)16-17-9-3-1-4-10-17)15-20-19-13-7-8-14-21(19)26-23(20)18-11-5-2-6-12-18/h1-15,28H,16H2. The van der Waals surface area contributed by atoms with Crippen molar-refractivity contribution in [2.24, 2.45) is 4.99 Å². The second-order valence-corrected chi connectivity index (χ2v) is 8.70. The highest BCUT2D eigenvalue weighted by Gasteiger charge is 2.23. The molecule has 1 N–H and O–H groups in total. The number of hydrogen-bond acceptors (Lipinski definition) is 4. The Morgan fingerprint density at radius 2 is 1.57 bits per heavy atom. The molecule has 4 aromatic rings. The smallest absolute Gasteiger partial charge is 0.210 e. The van der Waals surface area contributed by atoms with Gasteiger partial charge in [-0.1, -0.05) is 78.9 Å². The van der Waals surface area contributed by atoms with Crippen molar-refractivity contribution >= 4 is 46.6 Å². The van der Waals surface area contributed by atoms with E-state index in [0.29, 0.717) is 10.5 Å². The molecule has 0 atom stereocenters. The van der Waals surface area contributed by atoms with E-state index in [1.54, 1.807) is 4.57 Å². The lowest BCUT2D eigenvalue weighted by molar-refractivity contribution is 0.422. The third-order valence-corrected chi connectivity index (χ3v) is 6.47. The van der Waals surface area contributed by atoms with Crippen molar-refractivity contribution in [2.75, 3.05) is 0 Å². The molecule has 1 aromatic heterocycles. The van der Waals surface area contributed by atoms with Crippen LogP contribution >= 0.6 is 23.6 Å². The molecule has 0 unspecified atom stereocenters. The molecule has 146 valence electrons. The van der Waals surface area contributed by atoms with E-state index in [0.717, 1.165) is 38.5 Å². The molecular formula is C25H18N2OS2. The summed E-state index contributed by atoms with van der Waals surface area (Å²) in [5, 5.41) is 11.0. The number of nitrogens with zero attached hydrogens (tertiary/aromatic N) is 2. The topological polar surface area (TPSA) is 37.5 Å². The van der Waals surface area contributed by atoms with Crippen LogP contribution in [0.5, 0.6) is 5.88 Å². The van der Waals surface area contributed by atoms with E-state index in [-0.39, 0.29) is 5.88 Å². The van der Waals surface area contributed by atoms with Gasteiger partial charge in [0.15, 0.2) is 3.95 Å². The molecule has 0 saturated heterocycles. The average Bonchev–Trinajstić information content (AvgIpc) is 3.28. The van der Waals surface area contributed by atoms with Crippen molar-refractivity contribution in [3.8, 4) is 5.88 Å². The fraction of sp³-hybridized carbons (Fsp3) is 0.0400. The van der Waals surface area contributed by atoms with E-state index in [1.807, 2.05) is 72.8 Å². The molecule has 2 heterocycles. The van der Waals surface area contributed by atoms with Crippen LogP contribution < -0.4 is 0 Å². The Kier molecular flexibility index (Phi) is 4.91. The second kappa shape index (κ2) is 7.86. The van der Waals surface area contributed by atoms with E-state index in [1.165, 1.54) is 11.3 Å². The first-order valence-electron chi connectivity index (χ1n) is 9.63. The number of para-hydroxylation sites is 1. The fourth-order valence-corrected chi connectivity index (χ4v) is 4.86. The molecule has 3 nitrogen and oxygen atoms in total. The van der Waals surface area contributed by atoms with Crippen LogP contribution in [-0.2, 0) is 6.54 Å². The Morgan fingerprint density at radius 1 is 0.900 bits per heavy atom. The normalized spacial score (nSPS) is 14.0. The number of hydrogen-bond donors (Lipinski definition) is 1. The molecule has 1 aliphatic heterocycles. The van der Waals surface area contributed by atoms with Crippen LogP contribution in [-0.4, -0.2) is 15.4 Å². The van der Waals surface area contributed by atoms with Gasteiger partial charge in [0, 0.05) is 16.7 Å². The van der Waals surface area contributed by atoms with Gasteiger partial charge in [-0.15, -0.1) is 11.3 Å². The van der Waals surface area contributed by atoms with Crippen LogP contribution in [0.2, 0.25) is 0 Å². The fourth-order valence-electron chi connectivity index (χ4n) is 3.61. The van der Waals surface area contributed by atoms with Gasteiger partial charge in [0.2, 0.25) is 5.88 Å². The van der Waals surface area contributed by atoms with Gasteiger partial charge >= 0.3 is 0 Å². The number of aromatic hydroxyl groups is 1. The summed E-state index contributed by atoms with van der Waals surface area (Å²) in [6, 6.07) is 28.2. The summed E-state index contributed by atoms with van der Waals surface area (Å²) in [6.07, 6.45) is 2.01. The molecule has 0 amide bonds. The summed E-state index contributed by atoms with van der Waals surface area (Å²) in [7, 11) is 0.